The molecule has 0 aliphatic heterocycles. The van der Waals surface area contributed by atoms with Gasteiger partial charge >= 0.3 is 0 Å². The summed E-state index contributed by atoms with van der Waals surface area (Å²) < 4.78 is 0. The zero-order valence-electron chi connectivity index (χ0n) is 9.10. The molecular formula is C11H15N3OS. The SMILES string of the molecule is CCNC(=S)N/N=C(\CO)c1ccccc1. The quantitative estimate of drug-likeness (QED) is 0.413. The van der Waals surface area contributed by atoms with Gasteiger partial charge in [-0.3, -0.25) is 5.43 Å². The Morgan fingerprint density at radius 2 is 2.06 bits per heavy atom. The molecule has 4 nitrogen and oxygen atoms in total. The molecule has 0 saturated carbocycles. The third-order valence-corrected chi connectivity index (χ3v) is 2.12. The second-order valence-corrected chi connectivity index (χ2v) is 3.46. The summed E-state index contributed by atoms with van der Waals surface area (Å²) in [6.07, 6.45) is 0. The molecule has 3 N–H and O–H groups in total. The molecule has 5 heteroatoms. The highest BCUT2D eigenvalue weighted by atomic mass is 32.1. The van der Waals surface area contributed by atoms with Crippen molar-refractivity contribution in [3.8, 4) is 0 Å². The lowest BCUT2D eigenvalue weighted by Gasteiger charge is -2.06. The highest BCUT2D eigenvalue weighted by Crippen LogP contribution is 2.00. The van der Waals surface area contributed by atoms with Crippen LogP contribution in [-0.4, -0.2) is 29.1 Å². The van der Waals surface area contributed by atoms with Crippen molar-refractivity contribution in [3.05, 3.63) is 35.9 Å². The summed E-state index contributed by atoms with van der Waals surface area (Å²) in [7, 11) is 0. The Hall–Kier alpha value is -1.46. The van der Waals surface area contributed by atoms with Gasteiger partial charge in [-0.05, 0) is 19.1 Å². The number of rotatable bonds is 4. The number of hydrogen-bond acceptors (Lipinski definition) is 3. The molecule has 0 unspecified atom stereocenters. The van der Waals surface area contributed by atoms with Gasteiger partial charge in [-0.25, -0.2) is 0 Å². The second kappa shape index (κ2) is 6.92. The largest absolute Gasteiger partial charge is 0.390 e. The third-order valence-electron chi connectivity index (χ3n) is 1.89. The summed E-state index contributed by atoms with van der Waals surface area (Å²) in [4.78, 5) is 0. The molecule has 86 valence electrons. The van der Waals surface area contributed by atoms with Crippen LogP contribution < -0.4 is 10.7 Å². The number of aliphatic hydroxyl groups excluding tert-OH is 1. The number of hydrogen-bond donors (Lipinski definition) is 3. The summed E-state index contributed by atoms with van der Waals surface area (Å²) in [6, 6.07) is 9.46. The van der Waals surface area contributed by atoms with E-state index in [1.807, 2.05) is 37.3 Å². The maximum atomic E-state index is 9.19. The number of benzene rings is 1. The zero-order chi connectivity index (χ0) is 11.8. The Morgan fingerprint density at radius 3 is 2.62 bits per heavy atom. The van der Waals surface area contributed by atoms with Gasteiger partial charge in [-0.2, -0.15) is 5.10 Å². The van der Waals surface area contributed by atoms with E-state index < -0.39 is 0 Å². The normalized spacial score (nSPS) is 11.0. The van der Waals surface area contributed by atoms with E-state index in [1.54, 1.807) is 0 Å². The van der Waals surface area contributed by atoms with Gasteiger partial charge in [-0.15, -0.1) is 0 Å². The van der Waals surface area contributed by atoms with Crippen LogP contribution in [0, 0.1) is 0 Å². The first-order valence-corrected chi connectivity index (χ1v) is 5.45. The van der Waals surface area contributed by atoms with Crippen molar-refractivity contribution in [1.29, 1.82) is 0 Å². The Bertz CT molecular complexity index is 365. The Labute approximate surface area is 100 Å². The van der Waals surface area contributed by atoms with Crippen LogP contribution in [0.1, 0.15) is 12.5 Å². The fourth-order valence-electron chi connectivity index (χ4n) is 1.14. The van der Waals surface area contributed by atoms with Crippen LogP contribution in [0.15, 0.2) is 35.4 Å². The molecule has 0 heterocycles. The minimum atomic E-state index is -0.133. The summed E-state index contributed by atoms with van der Waals surface area (Å²) in [5.41, 5.74) is 4.11. The third kappa shape index (κ3) is 3.96. The van der Waals surface area contributed by atoms with Crippen molar-refractivity contribution < 1.29 is 5.11 Å². The van der Waals surface area contributed by atoms with E-state index in [1.165, 1.54) is 0 Å². The van der Waals surface area contributed by atoms with Crippen LogP contribution in [0.3, 0.4) is 0 Å². The average Bonchev–Trinajstić information content (AvgIpc) is 2.31. The summed E-state index contributed by atoms with van der Waals surface area (Å²) in [5, 5.41) is 16.6. The van der Waals surface area contributed by atoms with Gasteiger partial charge in [0.05, 0.1) is 12.3 Å². The standard InChI is InChI=1S/C11H15N3OS/c1-2-12-11(16)14-13-10(8-15)9-6-4-3-5-7-9/h3-7,15H,2,8H2,1H3,(H2,12,14,16)/b13-10+. The van der Waals surface area contributed by atoms with Crippen molar-refractivity contribution in [2.24, 2.45) is 5.10 Å². The van der Waals surface area contributed by atoms with E-state index in [-0.39, 0.29) is 6.61 Å². The molecule has 0 amide bonds. The Kier molecular flexibility index (Phi) is 5.45. The molecule has 1 aromatic rings. The lowest BCUT2D eigenvalue weighted by atomic mass is 10.1. The van der Waals surface area contributed by atoms with Crippen molar-refractivity contribution in [2.75, 3.05) is 13.2 Å². The molecule has 16 heavy (non-hydrogen) atoms. The number of aliphatic hydroxyl groups is 1. The number of thiocarbonyl (C=S) groups is 1. The van der Waals surface area contributed by atoms with Crippen LogP contribution in [-0.2, 0) is 0 Å². The van der Waals surface area contributed by atoms with E-state index in [4.69, 9.17) is 12.2 Å². The maximum Gasteiger partial charge on any atom is 0.186 e. The molecule has 1 rings (SSSR count). The van der Waals surface area contributed by atoms with Crippen LogP contribution in [0.2, 0.25) is 0 Å². The fraction of sp³-hybridized carbons (Fsp3) is 0.273. The first-order chi connectivity index (χ1) is 7.77. The molecule has 0 fully saturated rings. The molecular weight excluding hydrogens is 222 g/mol. The number of hydrazone groups is 1. The van der Waals surface area contributed by atoms with Crippen molar-refractivity contribution in [1.82, 2.24) is 10.7 Å². The minimum Gasteiger partial charge on any atom is -0.390 e. The van der Waals surface area contributed by atoms with Gasteiger partial charge in [0.15, 0.2) is 5.11 Å². The van der Waals surface area contributed by atoms with Gasteiger partial charge < -0.3 is 10.4 Å². The highest BCUT2D eigenvalue weighted by molar-refractivity contribution is 7.80. The fourth-order valence-corrected chi connectivity index (χ4v) is 1.33. The molecule has 0 radical (unpaired) electrons. The Balaban J connectivity index is 2.68. The van der Waals surface area contributed by atoms with Gasteiger partial charge in [-0.1, -0.05) is 30.3 Å². The zero-order valence-corrected chi connectivity index (χ0v) is 9.92. The molecule has 0 spiro atoms. The van der Waals surface area contributed by atoms with Crippen molar-refractivity contribution in [3.63, 3.8) is 0 Å². The van der Waals surface area contributed by atoms with Crippen LogP contribution in [0.5, 0.6) is 0 Å². The van der Waals surface area contributed by atoms with Gasteiger partial charge in [0.1, 0.15) is 0 Å². The maximum absolute atomic E-state index is 9.19. The van der Waals surface area contributed by atoms with E-state index in [0.29, 0.717) is 10.8 Å². The first kappa shape index (κ1) is 12.6. The van der Waals surface area contributed by atoms with E-state index in [0.717, 1.165) is 12.1 Å². The average molecular weight is 237 g/mol. The lowest BCUT2D eigenvalue weighted by molar-refractivity contribution is 0.357. The predicted molar refractivity (Wildman–Crippen MR) is 69.5 cm³/mol. The van der Waals surface area contributed by atoms with Crippen LogP contribution in [0.25, 0.3) is 0 Å². The summed E-state index contributed by atoms with van der Waals surface area (Å²) in [6.45, 7) is 2.55. The Morgan fingerprint density at radius 1 is 1.38 bits per heavy atom. The topological polar surface area (TPSA) is 56.7 Å². The molecule has 0 aliphatic rings. The van der Waals surface area contributed by atoms with Gasteiger partial charge in [0.25, 0.3) is 0 Å². The molecule has 1 aromatic carbocycles. The van der Waals surface area contributed by atoms with E-state index in [2.05, 4.69) is 15.8 Å². The van der Waals surface area contributed by atoms with E-state index in [9.17, 15) is 5.11 Å². The number of nitrogens with zero attached hydrogens (tertiary/aromatic N) is 1. The highest BCUT2D eigenvalue weighted by Gasteiger charge is 2.01. The van der Waals surface area contributed by atoms with Crippen molar-refractivity contribution >= 4 is 23.0 Å². The smallest absolute Gasteiger partial charge is 0.186 e. The van der Waals surface area contributed by atoms with Crippen LogP contribution in [0.4, 0.5) is 0 Å². The molecule has 0 saturated heterocycles. The monoisotopic (exact) mass is 237 g/mol. The van der Waals surface area contributed by atoms with Crippen molar-refractivity contribution in [2.45, 2.75) is 6.92 Å². The molecule has 0 bridgehead atoms. The first-order valence-electron chi connectivity index (χ1n) is 5.04. The van der Waals surface area contributed by atoms with Gasteiger partial charge in [0, 0.05) is 12.1 Å². The molecule has 0 aliphatic carbocycles. The van der Waals surface area contributed by atoms with Gasteiger partial charge in [0.2, 0.25) is 0 Å². The minimum absolute atomic E-state index is 0.133. The summed E-state index contributed by atoms with van der Waals surface area (Å²) in [5.74, 6) is 0. The molecule has 0 atom stereocenters. The van der Waals surface area contributed by atoms with Crippen LogP contribution >= 0.6 is 12.2 Å². The lowest BCUT2D eigenvalue weighted by Crippen LogP contribution is -2.32. The summed E-state index contributed by atoms with van der Waals surface area (Å²) >= 11 is 4.96. The predicted octanol–water partition coefficient (Wildman–Crippen LogP) is 0.867. The second-order valence-electron chi connectivity index (χ2n) is 3.05. The molecule has 0 aromatic heterocycles. The van der Waals surface area contributed by atoms with E-state index >= 15 is 0 Å². The number of nitrogens with one attached hydrogen (secondary N) is 2.